The maximum atomic E-state index is 12.5. The smallest absolute Gasteiger partial charge is 0.337 e. The predicted octanol–water partition coefficient (Wildman–Crippen LogP) is 3.56. The number of methoxy groups -OCH3 is 1. The summed E-state index contributed by atoms with van der Waals surface area (Å²) < 4.78 is 5.25. The number of pyridine rings is 1. The van der Waals surface area contributed by atoms with Crippen LogP contribution in [-0.4, -0.2) is 23.2 Å². The molecule has 2 aromatic carbocycles. The number of hydrogen-bond acceptors (Lipinski definition) is 3. The van der Waals surface area contributed by atoms with Crippen molar-refractivity contribution in [1.29, 1.82) is 0 Å². The number of aromatic amines is 1. The second-order valence-electron chi connectivity index (χ2n) is 4.90. The van der Waals surface area contributed by atoms with E-state index in [1.807, 2.05) is 0 Å². The second-order valence-corrected chi connectivity index (χ2v) is 5.34. The first-order valence-corrected chi connectivity index (χ1v) is 7.13. The number of nitrogens with one attached hydrogen (secondary N) is 1. The molecule has 3 aromatic rings. The monoisotopic (exact) mass is 329 g/mol. The van der Waals surface area contributed by atoms with E-state index < -0.39 is 11.5 Å². The molecule has 1 heterocycles. The minimum Gasteiger partial charge on any atom is -0.496 e. The molecule has 0 unspecified atom stereocenters. The summed E-state index contributed by atoms with van der Waals surface area (Å²) in [5.41, 5.74) is 0.271. The number of fused-ring (bicyclic) bond motifs is 1. The number of benzene rings is 2. The van der Waals surface area contributed by atoms with Gasteiger partial charge in [0, 0.05) is 21.5 Å². The minimum atomic E-state index is -1.20. The number of para-hydroxylation sites is 1. The molecular weight excluding hydrogens is 318 g/mol. The van der Waals surface area contributed by atoms with E-state index in [2.05, 4.69) is 4.98 Å². The van der Waals surface area contributed by atoms with Crippen LogP contribution in [0.1, 0.15) is 10.4 Å². The van der Waals surface area contributed by atoms with Gasteiger partial charge in [-0.1, -0.05) is 29.8 Å². The van der Waals surface area contributed by atoms with Gasteiger partial charge < -0.3 is 14.8 Å². The number of carboxylic acid groups (broad SMARTS) is 1. The van der Waals surface area contributed by atoms with E-state index in [0.717, 1.165) is 0 Å². The van der Waals surface area contributed by atoms with Gasteiger partial charge >= 0.3 is 5.97 Å². The third-order valence-electron chi connectivity index (χ3n) is 3.57. The summed E-state index contributed by atoms with van der Waals surface area (Å²) in [4.78, 5) is 27.0. The Hall–Kier alpha value is -2.79. The standard InChI is InChI=1S/C17H12ClNO4/c1-23-13-5-3-2-4-10(13)14-15(17(21)22)11-8-9(18)6-7-12(11)19-16(14)20/h2-8H,1H3,(H,19,20)(H,21,22). The summed E-state index contributed by atoms with van der Waals surface area (Å²) in [6, 6.07) is 11.5. The van der Waals surface area contributed by atoms with Gasteiger partial charge in [0.2, 0.25) is 0 Å². The molecule has 23 heavy (non-hydrogen) atoms. The molecule has 0 saturated carbocycles. The fourth-order valence-electron chi connectivity index (χ4n) is 2.60. The first kappa shape index (κ1) is 15.1. The topological polar surface area (TPSA) is 79.4 Å². The van der Waals surface area contributed by atoms with Gasteiger partial charge in [0.25, 0.3) is 5.56 Å². The zero-order chi connectivity index (χ0) is 16.6. The van der Waals surface area contributed by atoms with Gasteiger partial charge in [-0.2, -0.15) is 0 Å². The lowest BCUT2D eigenvalue weighted by Gasteiger charge is -2.12. The van der Waals surface area contributed by atoms with Crippen molar-refractivity contribution in [2.75, 3.05) is 7.11 Å². The maximum absolute atomic E-state index is 12.5. The van der Waals surface area contributed by atoms with Gasteiger partial charge in [0.15, 0.2) is 0 Å². The summed E-state index contributed by atoms with van der Waals surface area (Å²) in [5.74, 6) is -0.786. The molecule has 2 N–H and O–H groups in total. The van der Waals surface area contributed by atoms with Crippen LogP contribution in [0.15, 0.2) is 47.3 Å². The Morgan fingerprint density at radius 2 is 1.96 bits per heavy atom. The van der Waals surface area contributed by atoms with E-state index in [4.69, 9.17) is 16.3 Å². The van der Waals surface area contributed by atoms with Crippen molar-refractivity contribution in [3.05, 3.63) is 63.4 Å². The van der Waals surface area contributed by atoms with Crippen LogP contribution in [0, 0.1) is 0 Å². The fourth-order valence-corrected chi connectivity index (χ4v) is 2.77. The predicted molar refractivity (Wildman–Crippen MR) is 88.5 cm³/mol. The van der Waals surface area contributed by atoms with Crippen LogP contribution in [0.4, 0.5) is 0 Å². The summed E-state index contributed by atoms with van der Waals surface area (Å²) in [6.07, 6.45) is 0. The molecule has 0 radical (unpaired) electrons. The third-order valence-corrected chi connectivity index (χ3v) is 3.80. The van der Waals surface area contributed by atoms with Gasteiger partial charge in [-0.3, -0.25) is 4.79 Å². The normalized spacial score (nSPS) is 10.7. The number of carboxylic acids is 1. The van der Waals surface area contributed by atoms with Crippen molar-refractivity contribution in [2.45, 2.75) is 0 Å². The van der Waals surface area contributed by atoms with Crippen LogP contribution in [-0.2, 0) is 0 Å². The van der Waals surface area contributed by atoms with Crippen LogP contribution < -0.4 is 10.3 Å². The average Bonchev–Trinajstić information content (AvgIpc) is 2.53. The molecule has 0 aliphatic carbocycles. The largest absolute Gasteiger partial charge is 0.496 e. The zero-order valence-corrected chi connectivity index (χ0v) is 12.8. The molecule has 6 heteroatoms. The van der Waals surface area contributed by atoms with Crippen LogP contribution in [0.3, 0.4) is 0 Å². The molecule has 0 aliphatic rings. The molecule has 5 nitrogen and oxygen atoms in total. The number of H-pyrrole nitrogens is 1. The number of carbonyl (C=O) groups is 1. The number of ether oxygens (including phenoxy) is 1. The van der Waals surface area contributed by atoms with E-state index in [1.54, 1.807) is 36.4 Å². The molecule has 3 rings (SSSR count). The van der Waals surface area contributed by atoms with E-state index in [1.165, 1.54) is 13.2 Å². The SMILES string of the molecule is COc1ccccc1-c1c(C(=O)O)c2cc(Cl)ccc2[nH]c1=O. The Kier molecular flexibility index (Phi) is 3.80. The van der Waals surface area contributed by atoms with Crippen LogP contribution in [0.25, 0.3) is 22.0 Å². The fraction of sp³-hybridized carbons (Fsp3) is 0.0588. The van der Waals surface area contributed by atoms with Crippen molar-refractivity contribution in [3.8, 4) is 16.9 Å². The summed E-state index contributed by atoms with van der Waals surface area (Å²) in [7, 11) is 1.46. The first-order valence-electron chi connectivity index (χ1n) is 6.75. The highest BCUT2D eigenvalue weighted by Crippen LogP contribution is 2.33. The number of aromatic carboxylic acids is 1. The lowest BCUT2D eigenvalue weighted by molar-refractivity contribution is 0.0699. The highest BCUT2D eigenvalue weighted by molar-refractivity contribution is 6.31. The molecule has 0 saturated heterocycles. The Bertz CT molecular complexity index is 978. The lowest BCUT2D eigenvalue weighted by atomic mass is 9.97. The van der Waals surface area contributed by atoms with Gasteiger partial charge in [0.05, 0.1) is 18.2 Å². The van der Waals surface area contributed by atoms with E-state index >= 15 is 0 Å². The molecule has 0 atom stereocenters. The van der Waals surface area contributed by atoms with Crippen molar-refractivity contribution in [1.82, 2.24) is 4.98 Å². The number of hydrogen-bond donors (Lipinski definition) is 2. The second kappa shape index (κ2) is 5.78. The Labute approximate surface area is 136 Å². The third kappa shape index (κ3) is 2.55. The van der Waals surface area contributed by atoms with Gasteiger partial charge in [-0.25, -0.2) is 4.79 Å². The molecule has 0 bridgehead atoms. The summed E-state index contributed by atoms with van der Waals surface area (Å²) in [6.45, 7) is 0. The zero-order valence-electron chi connectivity index (χ0n) is 12.1. The number of aromatic nitrogens is 1. The van der Waals surface area contributed by atoms with Crippen molar-refractivity contribution < 1.29 is 14.6 Å². The average molecular weight is 330 g/mol. The highest BCUT2D eigenvalue weighted by Gasteiger charge is 2.22. The minimum absolute atomic E-state index is 0.0460. The van der Waals surface area contributed by atoms with Gasteiger partial charge in [0.1, 0.15) is 5.75 Å². The highest BCUT2D eigenvalue weighted by atomic mass is 35.5. The maximum Gasteiger partial charge on any atom is 0.337 e. The molecule has 116 valence electrons. The van der Waals surface area contributed by atoms with Crippen LogP contribution in [0.2, 0.25) is 5.02 Å². The molecule has 1 aromatic heterocycles. The Morgan fingerprint density at radius 3 is 2.65 bits per heavy atom. The summed E-state index contributed by atoms with van der Waals surface area (Å²) >= 11 is 5.98. The van der Waals surface area contributed by atoms with E-state index in [0.29, 0.717) is 27.2 Å². The van der Waals surface area contributed by atoms with Gasteiger partial charge in [-0.15, -0.1) is 0 Å². The Balaban J connectivity index is 2.50. The first-order chi connectivity index (χ1) is 11.0. The Morgan fingerprint density at radius 1 is 1.22 bits per heavy atom. The number of halogens is 1. The van der Waals surface area contributed by atoms with E-state index in [-0.39, 0.29) is 11.1 Å². The number of rotatable bonds is 3. The van der Waals surface area contributed by atoms with Crippen molar-refractivity contribution in [2.24, 2.45) is 0 Å². The molecular formula is C17H12ClNO4. The van der Waals surface area contributed by atoms with Crippen molar-refractivity contribution in [3.63, 3.8) is 0 Å². The molecule has 0 aliphatic heterocycles. The van der Waals surface area contributed by atoms with Gasteiger partial charge in [-0.05, 0) is 24.3 Å². The lowest BCUT2D eigenvalue weighted by Crippen LogP contribution is -2.16. The van der Waals surface area contributed by atoms with Crippen LogP contribution >= 0.6 is 11.6 Å². The van der Waals surface area contributed by atoms with Crippen LogP contribution in [0.5, 0.6) is 5.75 Å². The molecule has 0 fully saturated rings. The van der Waals surface area contributed by atoms with E-state index in [9.17, 15) is 14.7 Å². The summed E-state index contributed by atoms with van der Waals surface area (Å²) in [5, 5.41) is 10.4. The molecule has 0 spiro atoms. The van der Waals surface area contributed by atoms with Crippen molar-refractivity contribution >= 4 is 28.5 Å². The quantitative estimate of drug-likeness (QED) is 0.770. The molecule has 0 amide bonds.